The predicted octanol–water partition coefficient (Wildman–Crippen LogP) is 6.19. The topological polar surface area (TPSA) is 97.4 Å². The summed E-state index contributed by atoms with van der Waals surface area (Å²) in [6.07, 6.45) is 2.46. The second-order valence-electron chi connectivity index (χ2n) is 12.9. The van der Waals surface area contributed by atoms with E-state index in [0.717, 1.165) is 37.0 Å². The van der Waals surface area contributed by atoms with Gasteiger partial charge in [0.1, 0.15) is 23.2 Å². The molecule has 0 spiro atoms. The van der Waals surface area contributed by atoms with Gasteiger partial charge in [-0.05, 0) is 101 Å². The summed E-state index contributed by atoms with van der Waals surface area (Å²) in [6.45, 7) is 12.1. The number of piperidine rings is 1. The Kier molecular flexibility index (Phi) is 11.1. The van der Waals surface area contributed by atoms with Crippen LogP contribution in [0.3, 0.4) is 0 Å². The van der Waals surface area contributed by atoms with E-state index in [1.807, 2.05) is 44.2 Å². The molecule has 44 heavy (non-hydrogen) atoms. The summed E-state index contributed by atoms with van der Waals surface area (Å²) in [7, 11) is 0. The number of hydrogen-bond donors (Lipinski definition) is 1. The molecule has 0 radical (unpaired) electrons. The Labute approximate surface area is 260 Å². The summed E-state index contributed by atoms with van der Waals surface area (Å²) in [6, 6.07) is 11.5. The lowest BCUT2D eigenvalue weighted by Crippen LogP contribution is -2.50. The Morgan fingerprint density at radius 2 is 1.57 bits per heavy atom. The summed E-state index contributed by atoms with van der Waals surface area (Å²) in [5.41, 5.74) is 1.14. The zero-order chi connectivity index (χ0) is 31.9. The third kappa shape index (κ3) is 9.59. The van der Waals surface area contributed by atoms with E-state index < -0.39 is 23.6 Å². The van der Waals surface area contributed by atoms with Crippen molar-refractivity contribution in [3.8, 4) is 16.9 Å². The van der Waals surface area contributed by atoms with Crippen LogP contribution >= 0.6 is 0 Å². The van der Waals surface area contributed by atoms with E-state index in [9.17, 15) is 14.4 Å². The molecule has 3 amide bonds. The molecule has 2 aromatic carbocycles. The molecule has 10 heteroatoms. The molecule has 2 saturated heterocycles. The quantitative estimate of drug-likeness (QED) is 0.364. The predicted molar refractivity (Wildman–Crippen MR) is 166 cm³/mol. The van der Waals surface area contributed by atoms with Gasteiger partial charge in [-0.15, -0.1) is 0 Å². The lowest BCUT2D eigenvalue weighted by Gasteiger charge is -2.31. The average molecular weight is 612 g/mol. The van der Waals surface area contributed by atoms with Crippen LogP contribution in [0.15, 0.2) is 42.5 Å². The number of alkyl carbamates (subject to hydrolysis) is 1. The van der Waals surface area contributed by atoms with E-state index in [1.54, 1.807) is 36.6 Å². The standard InChI is InChI=1S/C34H46FN3O6/c1-23(2)43-33(41)38-18-14-24(15-19-38)22-42-28-12-10-25(11-13-28)26-8-9-27(29(35)20-26)21-30(31(39)37-16-6-7-17-37)36-32(40)44-34(3,4)5/h8-13,20,23-24,30H,6-7,14-19,21-22H2,1-5H3,(H,36,40). The fourth-order valence-electron chi connectivity index (χ4n) is 5.44. The monoisotopic (exact) mass is 611 g/mol. The first-order valence-electron chi connectivity index (χ1n) is 15.6. The number of hydrogen-bond acceptors (Lipinski definition) is 6. The first kappa shape index (κ1) is 33.1. The maximum atomic E-state index is 15.4. The van der Waals surface area contributed by atoms with Crippen LogP contribution in [-0.2, 0) is 20.7 Å². The van der Waals surface area contributed by atoms with E-state index in [-0.39, 0.29) is 24.5 Å². The van der Waals surface area contributed by atoms with Gasteiger partial charge in [0.15, 0.2) is 0 Å². The molecule has 4 rings (SSSR count). The molecule has 2 aromatic rings. The highest BCUT2D eigenvalue weighted by Gasteiger charge is 2.30. The highest BCUT2D eigenvalue weighted by atomic mass is 19.1. The van der Waals surface area contributed by atoms with Gasteiger partial charge in [-0.1, -0.05) is 24.3 Å². The summed E-state index contributed by atoms with van der Waals surface area (Å²) in [5.74, 6) is 0.401. The Balaban J connectivity index is 1.34. The van der Waals surface area contributed by atoms with Crippen LogP contribution in [0.1, 0.15) is 65.9 Å². The molecule has 1 N–H and O–H groups in total. The highest BCUT2D eigenvalue weighted by molar-refractivity contribution is 5.86. The van der Waals surface area contributed by atoms with Crippen molar-refractivity contribution in [2.75, 3.05) is 32.8 Å². The summed E-state index contributed by atoms with van der Waals surface area (Å²) in [4.78, 5) is 41.3. The zero-order valence-corrected chi connectivity index (χ0v) is 26.6. The molecule has 0 aliphatic carbocycles. The van der Waals surface area contributed by atoms with Crippen molar-refractivity contribution < 1.29 is 33.0 Å². The van der Waals surface area contributed by atoms with Gasteiger partial charge in [0.25, 0.3) is 0 Å². The molecule has 0 saturated carbocycles. The van der Waals surface area contributed by atoms with Gasteiger partial charge in [0.05, 0.1) is 12.7 Å². The maximum absolute atomic E-state index is 15.4. The molecule has 9 nitrogen and oxygen atoms in total. The molecule has 0 bridgehead atoms. The van der Waals surface area contributed by atoms with Crippen LogP contribution in [0, 0.1) is 11.7 Å². The van der Waals surface area contributed by atoms with Crippen LogP contribution in [0.2, 0.25) is 0 Å². The minimum atomic E-state index is -0.930. The first-order chi connectivity index (χ1) is 20.9. The molecular weight excluding hydrogens is 565 g/mol. The van der Waals surface area contributed by atoms with Gasteiger partial charge in [0.2, 0.25) is 5.91 Å². The van der Waals surface area contributed by atoms with Crippen LogP contribution < -0.4 is 10.1 Å². The van der Waals surface area contributed by atoms with E-state index in [0.29, 0.717) is 49.8 Å². The molecule has 240 valence electrons. The number of carbonyl (C=O) groups is 3. The number of benzene rings is 2. The highest BCUT2D eigenvalue weighted by Crippen LogP contribution is 2.27. The number of likely N-dealkylation sites (tertiary alicyclic amines) is 2. The lowest BCUT2D eigenvalue weighted by atomic mass is 9.98. The molecule has 2 fully saturated rings. The van der Waals surface area contributed by atoms with Gasteiger partial charge in [-0.3, -0.25) is 4.79 Å². The van der Waals surface area contributed by atoms with Crippen molar-refractivity contribution in [2.24, 2.45) is 5.92 Å². The number of nitrogens with one attached hydrogen (secondary N) is 1. The third-order valence-electron chi connectivity index (χ3n) is 7.77. The van der Waals surface area contributed by atoms with E-state index in [1.165, 1.54) is 6.07 Å². The largest absolute Gasteiger partial charge is 0.493 e. The molecule has 1 unspecified atom stereocenters. The molecule has 2 aliphatic heterocycles. The first-order valence-corrected chi connectivity index (χ1v) is 15.6. The Bertz CT molecular complexity index is 1280. The number of halogens is 1. The zero-order valence-electron chi connectivity index (χ0n) is 26.6. The SMILES string of the molecule is CC(C)OC(=O)N1CCC(COc2ccc(-c3ccc(CC(NC(=O)OC(C)(C)C)C(=O)N4CCCC4)c(F)c3)cc2)CC1. The Morgan fingerprint density at radius 3 is 2.16 bits per heavy atom. The van der Waals surface area contributed by atoms with Gasteiger partial charge in [-0.2, -0.15) is 0 Å². The third-order valence-corrected chi connectivity index (χ3v) is 7.77. The normalized spacial score (nSPS) is 16.5. The second-order valence-corrected chi connectivity index (χ2v) is 12.9. The molecular formula is C34H46FN3O6. The van der Waals surface area contributed by atoms with Crippen molar-refractivity contribution in [1.82, 2.24) is 15.1 Å². The minimum absolute atomic E-state index is 0.0192. The van der Waals surface area contributed by atoms with Gasteiger partial charge < -0.3 is 29.3 Å². The van der Waals surface area contributed by atoms with E-state index in [2.05, 4.69) is 5.32 Å². The number of amides is 3. The van der Waals surface area contributed by atoms with Crippen molar-refractivity contribution in [1.29, 1.82) is 0 Å². The Morgan fingerprint density at radius 1 is 0.932 bits per heavy atom. The number of carbonyl (C=O) groups excluding carboxylic acids is 3. The van der Waals surface area contributed by atoms with Gasteiger partial charge in [-0.25, -0.2) is 14.0 Å². The Hall–Kier alpha value is -3.82. The number of rotatable bonds is 9. The van der Waals surface area contributed by atoms with Gasteiger partial charge in [0, 0.05) is 32.6 Å². The average Bonchev–Trinajstić information content (AvgIpc) is 3.51. The molecule has 2 heterocycles. The molecule has 2 aliphatic rings. The fourth-order valence-corrected chi connectivity index (χ4v) is 5.44. The minimum Gasteiger partial charge on any atom is -0.493 e. The number of ether oxygens (including phenoxy) is 3. The number of nitrogens with zero attached hydrogens (tertiary/aromatic N) is 2. The van der Waals surface area contributed by atoms with Crippen LogP contribution in [0.5, 0.6) is 5.75 Å². The summed E-state index contributed by atoms with van der Waals surface area (Å²) < 4.78 is 32.0. The van der Waals surface area contributed by atoms with E-state index in [4.69, 9.17) is 14.2 Å². The summed E-state index contributed by atoms with van der Waals surface area (Å²) >= 11 is 0. The van der Waals surface area contributed by atoms with Gasteiger partial charge >= 0.3 is 12.2 Å². The fraction of sp³-hybridized carbons (Fsp3) is 0.559. The van der Waals surface area contributed by atoms with E-state index >= 15 is 4.39 Å². The van der Waals surface area contributed by atoms with Crippen LogP contribution in [0.25, 0.3) is 11.1 Å². The smallest absolute Gasteiger partial charge is 0.410 e. The van der Waals surface area contributed by atoms with Crippen LogP contribution in [-0.4, -0.2) is 78.4 Å². The van der Waals surface area contributed by atoms with Crippen molar-refractivity contribution >= 4 is 18.1 Å². The van der Waals surface area contributed by atoms with Crippen molar-refractivity contribution in [2.45, 2.75) is 84.5 Å². The van der Waals surface area contributed by atoms with Crippen molar-refractivity contribution in [3.05, 3.63) is 53.8 Å². The van der Waals surface area contributed by atoms with Crippen molar-refractivity contribution in [3.63, 3.8) is 0 Å². The van der Waals surface area contributed by atoms with Crippen LogP contribution in [0.4, 0.5) is 14.0 Å². The summed E-state index contributed by atoms with van der Waals surface area (Å²) in [5, 5.41) is 2.67. The maximum Gasteiger partial charge on any atom is 0.410 e. The lowest BCUT2D eigenvalue weighted by molar-refractivity contribution is -0.132. The molecule has 0 aromatic heterocycles. The second kappa shape index (κ2) is 14.8. The molecule has 1 atom stereocenters.